The lowest BCUT2D eigenvalue weighted by Gasteiger charge is -1.96. The standard InChI is InChI=1S/C12H8O2/c13-8-12(14)11-6-2-1-4-9-5-3-7-10(9)11/h1-8H. The normalized spacial score (nSPS) is 10.0. The van der Waals surface area contributed by atoms with E-state index in [0.717, 1.165) is 11.1 Å². The Balaban J connectivity index is 2.69. The van der Waals surface area contributed by atoms with E-state index in [-0.39, 0.29) is 0 Å². The van der Waals surface area contributed by atoms with Gasteiger partial charge in [-0.25, -0.2) is 0 Å². The number of carbonyl (C=O) groups is 2. The van der Waals surface area contributed by atoms with Gasteiger partial charge in [-0.1, -0.05) is 42.5 Å². The second-order valence-electron chi connectivity index (χ2n) is 3.01. The van der Waals surface area contributed by atoms with Crippen molar-refractivity contribution in [2.45, 2.75) is 0 Å². The average Bonchev–Trinajstić information content (AvgIpc) is 2.57. The molecule has 0 saturated heterocycles. The average molecular weight is 184 g/mol. The monoisotopic (exact) mass is 184 g/mol. The van der Waals surface area contributed by atoms with E-state index in [0.29, 0.717) is 11.8 Å². The molecule has 0 spiro atoms. The molecule has 0 heterocycles. The van der Waals surface area contributed by atoms with Gasteiger partial charge in [-0.2, -0.15) is 0 Å². The lowest BCUT2D eigenvalue weighted by molar-refractivity contribution is -0.104. The van der Waals surface area contributed by atoms with Gasteiger partial charge in [0.2, 0.25) is 5.78 Å². The number of hydrogen-bond acceptors (Lipinski definition) is 2. The van der Waals surface area contributed by atoms with Gasteiger partial charge in [0.25, 0.3) is 0 Å². The van der Waals surface area contributed by atoms with Crippen molar-refractivity contribution in [3.63, 3.8) is 0 Å². The van der Waals surface area contributed by atoms with Crippen LogP contribution >= 0.6 is 0 Å². The third kappa shape index (κ3) is 1.31. The highest BCUT2D eigenvalue weighted by atomic mass is 16.2. The first-order valence-electron chi connectivity index (χ1n) is 4.30. The lowest BCUT2D eigenvalue weighted by Crippen LogP contribution is -1.99. The third-order valence-electron chi connectivity index (χ3n) is 2.16. The Morgan fingerprint density at radius 1 is 1.00 bits per heavy atom. The van der Waals surface area contributed by atoms with Gasteiger partial charge in [0.05, 0.1) is 0 Å². The number of carbonyl (C=O) groups excluding carboxylic acids is 2. The number of ketones is 1. The SMILES string of the molecule is O=CC(=O)c1ccccc2cccc1-2. The first-order valence-corrected chi connectivity index (χ1v) is 4.30. The Bertz CT molecular complexity index is 460. The van der Waals surface area contributed by atoms with Crippen LogP contribution in [0.25, 0.3) is 11.1 Å². The van der Waals surface area contributed by atoms with Crippen molar-refractivity contribution in [3.05, 3.63) is 48.0 Å². The van der Waals surface area contributed by atoms with Crippen LogP contribution in [0.15, 0.2) is 42.5 Å². The van der Waals surface area contributed by atoms with Crippen LogP contribution in [0.1, 0.15) is 10.4 Å². The molecule has 0 aliphatic heterocycles. The van der Waals surface area contributed by atoms with Gasteiger partial charge in [0, 0.05) is 5.56 Å². The first kappa shape index (κ1) is 8.63. The topological polar surface area (TPSA) is 34.1 Å². The second-order valence-corrected chi connectivity index (χ2v) is 3.01. The van der Waals surface area contributed by atoms with Gasteiger partial charge >= 0.3 is 0 Å². The van der Waals surface area contributed by atoms with E-state index < -0.39 is 5.78 Å². The fraction of sp³-hybridized carbons (Fsp3) is 0. The van der Waals surface area contributed by atoms with Gasteiger partial charge in [-0.15, -0.1) is 0 Å². The highest BCUT2D eigenvalue weighted by Gasteiger charge is 2.11. The molecule has 68 valence electrons. The zero-order chi connectivity index (χ0) is 9.97. The summed E-state index contributed by atoms with van der Waals surface area (Å²) in [7, 11) is 0. The van der Waals surface area contributed by atoms with Gasteiger partial charge in [-0.05, 0) is 11.1 Å². The molecule has 0 unspecified atom stereocenters. The molecule has 0 fully saturated rings. The molecule has 2 rings (SSSR count). The Kier molecular flexibility index (Phi) is 2.11. The number of rotatable bonds is 2. The van der Waals surface area contributed by atoms with Gasteiger partial charge in [-0.3, -0.25) is 9.59 Å². The van der Waals surface area contributed by atoms with Crippen LogP contribution in [0, 0.1) is 0 Å². The zero-order valence-corrected chi connectivity index (χ0v) is 7.44. The lowest BCUT2D eigenvalue weighted by atomic mass is 10.1. The number of Topliss-reactive ketones (excluding diaryl/α,β-unsaturated/α-hetero) is 1. The van der Waals surface area contributed by atoms with Crippen molar-refractivity contribution in [3.8, 4) is 11.1 Å². The molecule has 2 aliphatic rings. The maximum atomic E-state index is 11.3. The van der Waals surface area contributed by atoms with Crippen LogP contribution in [0.3, 0.4) is 0 Å². The second kappa shape index (κ2) is 3.42. The molecular formula is C12H8O2. The summed E-state index contributed by atoms with van der Waals surface area (Å²) >= 11 is 0. The summed E-state index contributed by atoms with van der Waals surface area (Å²) in [6.07, 6.45) is 0.349. The molecule has 2 aliphatic carbocycles. The molecule has 0 amide bonds. The molecular weight excluding hydrogens is 176 g/mol. The molecule has 0 N–H and O–H groups in total. The highest BCUT2D eigenvalue weighted by molar-refractivity contribution is 6.34. The third-order valence-corrected chi connectivity index (χ3v) is 2.16. The van der Waals surface area contributed by atoms with Gasteiger partial charge < -0.3 is 0 Å². The van der Waals surface area contributed by atoms with Crippen LogP contribution < -0.4 is 0 Å². The smallest absolute Gasteiger partial charge is 0.225 e. The van der Waals surface area contributed by atoms with E-state index in [2.05, 4.69) is 0 Å². The molecule has 0 saturated carbocycles. The number of aldehydes is 1. The van der Waals surface area contributed by atoms with Crippen molar-refractivity contribution >= 4 is 12.1 Å². The van der Waals surface area contributed by atoms with E-state index in [1.54, 1.807) is 12.1 Å². The predicted octanol–water partition coefficient (Wildman–Crippen LogP) is 2.17. The van der Waals surface area contributed by atoms with E-state index >= 15 is 0 Å². The Labute approximate surface area is 81.5 Å². The van der Waals surface area contributed by atoms with E-state index in [1.165, 1.54) is 0 Å². The van der Waals surface area contributed by atoms with Crippen molar-refractivity contribution in [1.82, 2.24) is 0 Å². The number of hydrogen-bond donors (Lipinski definition) is 0. The quantitative estimate of drug-likeness (QED) is 0.407. The van der Waals surface area contributed by atoms with E-state index in [4.69, 9.17) is 0 Å². The number of fused-ring (bicyclic) bond motifs is 1. The summed E-state index contributed by atoms with van der Waals surface area (Å²) in [4.78, 5) is 21.7. The summed E-state index contributed by atoms with van der Waals surface area (Å²) in [5, 5.41) is 0. The maximum absolute atomic E-state index is 11.3. The molecule has 2 heteroatoms. The van der Waals surface area contributed by atoms with E-state index in [9.17, 15) is 9.59 Å². The van der Waals surface area contributed by atoms with Crippen molar-refractivity contribution in [2.75, 3.05) is 0 Å². The predicted molar refractivity (Wildman–Crippen MR) is 53.5 cm³/mol. The molecule has 2 nitrogen and oxygen atoms in total. The minimum absolute atomic E-state index is 0.349. The summed E-state index contributed by atoms with van der Waals surface area (Å²) in [5.74, 6) is -0.475. The zero-order valence-electron chi connectivity index (χ0n) is 7.44. The molecule has 0 radical (unpaired) electrons. The molecule has 0 aromatic carbocycles. The minimum Gasteiger partial charge on any atom is -0.294 e. The van der Waals surface area contributed by atoms with Crippen molar-refractivity contribution in [2.24, 2.45) is 0 Å². The summed E-state index contributed by atoms with van der Waals surface area (Å²) in [6.45, 7) is 0. The van der Waals surface area contributed by atoms with Crippen molar-refractivity contribution in [1.29, 1.82) is 0 Å². The van der Waals surface area contributed by atoms with Crippen molar-refractivity contribution < 1.29 is 9.59 Å². The highest BCUT2D eigenvalue weighted by Crippen LogP contribution is 2.25. The molecule has 0 aromatic heterocycles. The largest absolute Gasteiger partial charge is 0.294 e. The maximum Gasteiger partial charge on any atom is 0.225 e. The molecule has 0 aromatic rings. The summed E-state index contributed by atoms with van der Waals surface area (Å²) in [6, 6.07) is 12.8. The van der Waals surface area contributed by atoms with Gasteiger partial charge in [0.15, 0.2) is 6.29 Å². The fourth-order valence-electron chi connectivity index (χ4n) is 1.50. The fourth-order valence-corrected chi connectivity index (χ4v) is 1.50. The molecule has 0 atom stereocenters. The Morgan fingerprint density at radius 2 is 1.71 bits per heavy atom. The van der Waals surface area contributed by atoms with Crippen LogP contribution in [0.2, 0.25) is 0 Å². The van der Waals surface area contributed by atoms with Crippen LogP contribution in [-0.4, -0.2) is 12.1 Å². The summed E-state index contributed by atoms with van der Waals surface area (Å²) < 4.78 is 0. The van der Waals surface area contributed by atoms with Gasteiger partial charge in [0.1, 0.15) is 0 Å². The first-order chi connectivity index (χ1) is 6.83. The van der Waals surface area contributed by atoms with Crippen LogP contribution in [-0.2, 0) is 4.79 Å². The van der Waals surface area contributed by atoms with E-state index in [1.807, 2.05) is 30.3 Å². The Hall–Kier alpha value is -1.96. The summed E-state index contributed by atoms with van der Waals surface area (Å²) in [5.41, 5.74) is 2.26. The molecule has 0 bridgehead atoms. The van der Waals surface area contributed by atoms with Crippen LogP contribution in [0.4, 0.5) is 0 Å². The Morgan fingerprint density at radius 3 is 2.50 bits per heavy atom. The minimum atomic E-state index is -0.475. The van der Waals surface area contributed by atoms with Crippen LogP contribution in [0.5, 0.6) is 0 Å². The molecule has 14 heavy (non-hydrogen) atoms.